The first kappa shape index (κ1) is 18.6. The molecule has 0 bridgehead atoms. The maximum Gasteiger partial charge on any atom is 0.257 e. The number of hydrogen-bond donors (Lipinski definition) is 2. The summed E-state index contributed by atoms with van der Waals surface area (Å²) >= 11 is 1.48. The fourth-order valence-electron chi connectivity index (χ4n) is 4.01. The molecule has 2 amide bonds. The van der Waals surface area contributed by atoms with Crippen LogP contribution in [0.2, 0.25) is 0 Å². The van der Waals surface area contributed by atoms with E-state index in [1.807, 2.05) is 20.9 Å². The van der Waals surface area contributed by atoms with Crippen molar-refractivity contribution >= 4 is 39.2 Å². The molecule has 0 radical (unpaired) electrons. The van der Waals surface area contributed by atoms with Crippen LogP contribution in [0.15, 0.2) is 6.07 Å². The maximum absolute atomic E-state index is 13.2. The van der Waals surface area contributed by atoms with Gasteiger partial charge in [-0.05, 0) is 51.2 Å². The topological polar surface area (TPSA) is 103 Å². The van der Waals surface area contributed by atoms with Gasteiger partial charge in [-0.15, -0.1) is 11.3 Å². The molecule has 0 saturated carbocycles. The standard InChI is InChI=1S/C20H23N5O2S/c1-10-9-13(15-11(2)24-25(3)18(15)22-10)19(27)23-20-16(17(21)26)12-7-5-4-6-8-14(12)28-20/h9H,4-8H2,1-3H3,(H2,21,26)(H,23,27). The minimum atomic E-state index is -0.483. The Morgan fingerprint density at radius 3 is 2.71 bits per heavy atom. The number of amides is 2. The SMILES string of the molecule is Cc1cc(C(=O)Nc2sc3c(c2C(N)=O)CCCCC3)c2c(C)nn(C)c2n1. The lowest BCUT2D eigenvalue weighted by Crippen LogP contribution is -2.18. The van der Waals surface area contributed by atoms with Crippen LogP contribution in [0.25, 0.3) is 11.0 Å². The summed E-state index contributed by atoms with van der Waals surface area (Å²) in [7, 11) is 1.81. The van der Waals surface area contributed by atoms with E-state index in [-0.39, 0.29) is 5.91 Å². The van der Waals surface area contributed by atoms with Crippen molar-refractivity contribution in [3.8, 4) is 0 Å². The zero-order chi connectivity index (χ0) is 20.0. The molecule has 8 heteroatoms. The summed E-state index contributed by atoms with van der Waals surface area (Å²) in [5.74, 6) is -0.756. The number of fused-ring (bicyclic) bond motifs is 2. The number of anilines is 1. The zero-order valence-electron chi connectivity index (χ0n) is 16.3. The van der Waals surface area contributed by atoms with Crippen LogP contribution in [0.5, 0.6) is 0 Å². The van der Waals surface area contributed by atoms with E-state index >= 15 is 0 Å². The number of pyridine rings is 1. The van der Waals surface area contributed by atoms with E-state index in [1.54, 1.807) is 10.7 Å². The van der Waals surface area contributed by atoms with Crippen LogP contribution in [-0.4, -0.2) is 26.6 Å². The predicted molar refractivity (Wildman–Crippen MR) is 110 cm³/mol. The Labute approximate surface area is 166 Å². The van der Waals surface area contributed by atoms with E-state index in [0.717, 1.165) is 59.3 Å². The van der Waals surface area contributed by atoms with E-state index in [2.05, 4.69) is 15.4 Å². The van der Waals surface area contributed by atoms with Gasteiger partial charge < -0.3 is 11.1 Å². The van der Waals surface area contributed by atoms with Gasteiger partial charge in [-0.3, -0.25) is 14.3 Å². The molecule has 7 nitrogen and oxygen atoms in total. The molecule has 3 heterocycles. The van der Waals surface area contributed by atoms with Gasteiger partial charge >= 0.3 is 0 Å². The van der Waals surface area contributed by atoms with Crippen LogP contribution >= 0.6 is 11.3 Å². The van der Waals surface area contributed by atoms with Crippen molar-refractivity contribution in [1.29, 1.82) is 0 Å². The minimum absolute atomic E-state index is 0.273. The summed E-state index contributed by atoms with van der Waals surface area (Å²) in [5, 5.41) is 8.62. The summed E-state index contributed by atoms with van der Waals surface area (Å²) in [6, 6.07) is 1.76. The van der Waals surface area contributed by atoms with Gasteiger partial charge in [0.15, 0.2) is 5.65 Å². The summed E-state index contributed by atoms with van der Waals surface area (Å²) in [6.45, 7) is 3.71. The minimum Gasteiger partial charge on any atom is -0.365 e. The number of nitrogens with zero attached hydrogens (tertiary/aromatic N) is 3. The fourth-order valence-corrected chi connectivity index (χ4v) is 5.30. The molecule has 0 aromatic carbocycles. The van der Waals surface area contributed by atoms with Crippen LogP contribution in [0, 0.1) is 13.8 Å². The first-order valence-corrected chi connectivity index (χ1v) is 10.2. The summed E-state index contributed by atoms with van der Waals surface area (Å²) < 4.78 is 1.68. The van der Waals surface area contributed by atoms with Crippen molar-refractivity contribution in [3.05, 3.63) is 39.0 Å². The second-order valence-electron chi connectivity index (χ2n) is 7.31. The van der Waals surface area contributed by atoms with Crippen LogP contribution in [0.3, 0.4) is 0 Å². The average Bonchev–Trinajstić information content (AvgIpc) is 3.00. The molecule has 0 atom stereocenters. The third-order valence-corrected chi connectivity index (χ3v) is 6.44. The highest BCUT2D eigenvalue weighted by atomic mass is 32.1. The molecule has 0 unspecified atom stereocenters. The van der Waals surface area contributed by atoms with Gasteiger partial charge in [0, 0.05) is 17.6 Å². The fraction of sp³-hybridized carbons (Fsp3) is 0.400. The highest BCUT2D eigenvalue weighted by molar-refractivity contribution is 7.17. The first-order valence-electron chi connectivity index (χ1n) is 9.43. The third-order valence-electron chi connectivity index (χ3n) is 5.24. The summed E-state index contributed by atoms with van der Waals surface area (Å²) in [4.78, 5) is 31.0. The van der Waals surface area contributed by atoms with Crippen molar-refractivity contribution in [2.24, 2.45) is 12.8 Å². The number of nitrogens with one attached hydrogen (secondary N) is 1. The Hall–Kier alpha value is -2.74. The quantitative estimate of drug-likeness (QED) is 0.662. The molecule has 3 N–H and O–H groups in total. The first-order chi connectivity index (χ1) is 13.4. The van der Waals surface area contributed by atoms with E-state index in [1.165, 1.54) is 11.3 Å². The molecule has 28 heavy (non-hydrogen) atoms. The molecule has 4 rings (SSSR count). The lowest BCUT2D eigenvalue weighted by Gasteiger charge is -2.08. The normalized spacial score (nSPS) is 14.0. The van der Waals surface area contributed by atoms with E-state index in [4.69, 9.17) is 5.73 Å². The second-order valence-corrected chi connectivity index (χ2v) is 8.41. The van der Waals surface area contributed by atoms with Gasteiger partial charge in [-0.25, -0.2) is 4.98 Å². The monoisotopic (exact) mass is 397 g/mol. The Bertz CT molecular complexity index is 1110. The van der Waals surface area contributed by atoms with Crippen LogP contribution in [0.1, 0.15) is 61.8 Å². The van der Waals surface area contributed by atoms with Crippen LogP contribution in [0.4, 0.5) is 5.00 Å². The number of carbonyl (C=O) groups excluding carboxylic acids is 2. The largest absolute Gasteiger partial charge is 0.365 e. The van der Waals surface area contributed by atoms with Gasteiger partial charge in [0.05, 0.1) is 22.2 Å². The Kier molecular flexibility index (Phi) is 4.66. The van der Waals surface area contributed by atoms with Gasteiger partial charge in [-0.2, -0.15) is 5.10 Å². The number of nitrogens with two attached hydrogens (primary N) is 1. The third kappa shape index (κ3) is 3.07. The number of aromatic nitrogens is 3. The molecular weight excluding hydrogens is 374 g/mol. The second kappa shape index (κ2) is 7.01. The molecule has 0 fully saturated rings. The number of aryl methyl sites for hydroxylation is 4. The van der Waals surface area contributed by atoms with Crippen molar-refractivity contribution < 1.29 is 9.59 Å². The predicted octanol–water partition coefficient (Wildman–Crippen LogP) is 3.27. The average molecular weight is 398 g/mol. The molecule has 0 aliphatic heterocycles. The van der Waals surface area contributed by atoms with Gasteiger partial charge in [0.1, 0.15) is 5.00 Å². The Morgan fingerprint density at radius 1 is 1.21 bits per heavy atom. The summed E-state index contributed by atoms with van der Waals surface area (Å²) in [5.41, 5.74) is 9.82. The van der Waals surface area contributed by atoms with Crippen LogP contribution < -0.4 is 11.1 Å². The number of carbonyl (C=O) groups is 2. The molecule has 0 spiro atoms. The Balaban J connectivity index is 1.78. The van der Waals surface area contributed by atoms with Crippen molar-refractivity contribution in [2.45, 2.75) is 46.0 Å². The number of thiophene rings is 1. The van der Waals surface area contributed by atoms with Crippen LogP contribution in [-0.2, 0) is 19.9 Å². The lowest BCUT2D eigenvalue weighted by atomic mass is 10.0. The Morgan fingerprint density at radius 2 is 1.96 bits per heavy atom. The highest BCUT2D eigenvalue weighted by Gasteiger charge is 2.25. The molecule has 3 aromatic rings. The van der Waals surface area contributed by atoms with Gasteiger partial charge in [0.25, 0.3) is 11.8 Å². The highest BCUT2D eigenvalue weighted by Crippen LogP contribution is 2.37. The number of rotatable bonds is 3. The van der Waals surface area contributed by atoms with Crippen molar-refractivity contribution in [1.82, 2.24) is 14.8 Å². The maximum atomic E-state index is 13.2. The van der Waals surface area contributed by atoms with Gasteiger partial charge in [0.2, 0.25) is 0 Å². The van der Waals surface area contributed by atoms with Gasteiger partial charge in [-0.1, -0.05) is 6.42 Å². The molecule has 1 aliphatic rings. The lowest BCUT2D eigenvalue weighted by molar-refractivity contribution is 0.100. The zero-order valence-corrected chi connectivity index (χ0v) is 17.1. The molecule has 1 aliphatic carbocycles. The number of primary amides is 1. The van der Waals surface area contributed by atoms with E-state index in [9.17, 15) is 9.59 Å². The number of hydrogen-bond acceptors (Lipinski definition) is 5. The smallest absolute Gasteiger partial charge is 0.257 e. The van der Waals surface area contributed by atoms with Crippen molar-refractivity contribution in [3.63, 3.8) is 0 Å². The molecular formula is C20H23N5O2S. The van der Waals surface area contributed by atoms with Crippen molar-refractivity contribution in [2.75, 3.05) is 5.32 Å². The molecule has 0 saturated heterocycles. The summed E-state index contributed by atoms with van der Waals surface area (Å²) in [6.07, 6.45) is 5.04. The van der Waals surface area contributed by atoms with E-state index in [0.29, 0.717) is 21.8 Å². The van der Waals surface area contributed by atoms with E-state index < -0.39 is 5.91 Å². The molecule has 3 aromatic heterocycles. The molecule has 146 valence electrons.